The van der Waals surface area contributed by atoms with Gasteiger partial charge in [0.1, 0.15) is 5.60 Å². The van der Waals surface area contributed by atoms with Crippen LogP contribution in [0.25, 0.3) is 0 Å². The number of ether oxygens (including phenoxy) is 1. The summed E-state index contributed by atoms with van der Waals surface area (Å²) in [5.41, 5.74) is 0.120. The number of rotatable bonds is 2. The van der Waals surface area contributed by atoms with Crippen LogP contribution in [0.15, 0.2) is 25.0 Å². The first-order valence-electron chi connectivity index (χ1n) is 5.31. The van der Waals surface area contributed by atoms with Crippen molar-refractivity contribution in [1.29, 1.82) is 0 Å². The molecule has 2 rings (SSSR count). The van der Waals surface area contributed by atoms with Crippen LogP contribution in [0.3, 0.4) is 0 Å². The summed E-state index contributed by atoms with van der Waals surface area (Å²) in [7, 11) is 0. The smallest absolute Gasteiger partial charge is 0.115 e. The lowest BCUT2D eigenvalue weighted by Crippen LogP contribution is -2.43. The molecule has 1 saturated carbocycles. The third-order valence-electron chi connectivity index (χ3n) is 3.46. The van der Waals surface area contributed by atoms with E-state index < -0.39 is 0 Å². The van der Waals surface area contributed by atoms with Crippen LogP contribution in [0.1, 0.15) is 38.5 Å². The number of allylic oxidation sites excluding steroid dienone is 1. The Bertz CT molecular complexity index is 219. The molecule has 1 heteroatoms. The predicted octanol–water partition coefficient (Wildman–Crippen LogP) is 3.43. The van der Waals surface area contributed by atoms with Gasteiger partial charge in [-0.1, -0.05) is 12.5 Å². The second-order valence-electron chi connectivity index (χ2n) is 4.23. The molecule has 0 saturated heterocycles. The standard InChI is InChI=1S/C12H18O/c1-2-8-12-9-4-3-6-11(12)7-5-10-13-12/h2,5,10-11H,1,3-4,6-9H2/t11-,12+/m0/s1. The normalized spacial score (nSPS) is 37.7. The highest BCUT2D eigenvalue weighted by Crippen LogP contribution is 2.43. The average molecular weight is 178 g/mol. The summed E-state index contributed by atoms with van der Waals surface area (Å²) in [6.45, 7) is 3.84. The van der Waals surface area contributed by atoms with Crippen LogP contribution in [-0.4, -0.2) is 5.60 Å². The zero-order chi connectivity index (χ0) is 9.15. The van der Waals surface area contributed by atoms with E-state index in [1.54, 1.807) is 0 Å². The van der Waals surface area contributed by atoms with Crippen LogP contribution < -0.4 is 0 Å². The molecule has 2 atom stereocenters. The van der Waals surface area contributed by atoms with E-state index in [2.05, 4.69) is 12.7 Å². The van der Waals surface area contributed by atoms with E-state index in [0.717, 1.165) is 12.3 Å². The Kier molecular flexibility index (Phi) is 2.43. The molecule has 1 aliphatic heterocycles. The summed E-state index contributed by atoms with van der Waals surface area (Å²) in [6.07, 6.45) is 13.5. The highest BCUT2D eigenvalue weighted by molar-refractivity contribution is 5.03. The van der Waals surface area contributed by atoms with Crippen LogP contribution in [0.2, 0.25) is 0 Å². The molecule has 0 aromatic carbocycles. The van der Waals surface area contributed by atoms with E-state index in [-0.39, 0.29) is 5.60 Å². The van der Waals surface area contributed by atoms with Crippen molar-refractivity contribution in [2.45, 2.75) is 44.1 Å². The highest BCUT2D eigenvalue weighted by Gasteiger charge is 2.41. The SMILES string of the molecule is C=CC[C@@]12CCCC[C@H]1CC=CO2. The van der Waals surface area contributed by atoms with Gasteiger partial charge in [-0.25, -0.2) is 0 Å². The number of fused-ring (bicyclic) bond motifs is 1. The van der Waals surface area contributed by atoms with E-state index >= 15 is 0 Å². The Hall–Kier alpha value is -0.720. The van der Waals surface area contributed by atoms with Gasteiger partial charge in [-0.2, -0.15) is 0 Å². The molecule has 1 heterocycles. The summed E-state index contributed by atoms with van der Waals surface area (Å²) in [5.74, 6) is 0.740. The maximum absolute atomic E-state index is 5.86. The van der Waals surface area contributed by atoms with E-state index in [0.29, 0.717) is 0 Å². The van der Waals surface area contributed by atoms with Crippen molar-refractivity contribution in [3.05, 3.63) is 25.0 Å². The van der Waals surface area contributed by atoms with Crippen LogP contribution >= 0.6 is 0 Å². The Balaban J connectivity index is 2.17. The van der Waals surface area contributed by atoms with Crippen molar-refractivity contribution in [1.82, 2.24) is 0 Å². The molecule has 2 aliphatic rings. The summed E-state index contributed by atoms with van der Waals surface area (Å²) < 4.78 is 5.86. The minimum atomic E-state index is 0.120. The number of hydrogen-bond donors (Lipinski definition) is 0. The molecule has 13 heavy (non-hydrogen) atoms. The third kappa shape index (κ3) is 1.52. The van der Waals surface area contributed by atoms with Crippen LogP contribution in [-0.2, 0) is 4.74 Å². The van der Waals surface area contributed by atoms with E-state index in [1.165, 1.54) is 32.1 Å². The van der Waals surface area contributed by atoms with Gasteiger partial charge < -0.3 is 4.74 Å². The number of hydrogen-bond acceptors (Lipinski definition) is 1. The lowest BCUT2D eigenvalue weighted by molar-refractivity contribution is -0.0665. The maximum atomic E-state index is 5.86. The lowest BCUT2D eigenvalue weighted by atomic mass is 9.71. The molecule has 0 aromatic heterocycles. The minimum Gasteiger partial charge on any atom is -0.495 e. The van der Waals surface area contributed by atoms with Gasteiger partial charge in [0.05, 0.1) is 6.26 Å². The molecular formula is C12H18O. The van der Waals surface area contributed by atoms with Crippen LogP contribution in [0.5, 0.6) is 0 Å². The molecule has 0 radical (unpaired) electrons. The fourth-order valence-corrected chi connectivity index (χ4v) is 2.73. The molecule has 72 valence electrons. The first kappa shape index (κ1) is 8.86. The van der Waals surface area contributed by atoms with Gasteiger partial charge >= 0.3 is 0 Å². The highest BCUT2D eigenvalue weighted by atomic mass is 16.5. The first-order chi connectivity index (χ1) is 6.37. The predicted molar refractivity (Wildman–Crippen MR) is 54.3 cm³/mol. The fourth-order valence-electron chi connectivity index (χ4n) is 2.73. The van der Waals surface area contributed by atoms with Gasteiger partial charge in [0.25, 0.3) is 0 Å². The maximum Gasteiger partial charge on any atom is 0.115 e. The van der Waals surface area contributed by atoms with Gasteiger partial charge in [-0.05, 0) is 31.8 Å². The van der Waals surface area contributed by atoms with Gasteiger partial charge in [0, 0.05) is 12.3 Å². The topological polar surface area (TPSA) is 9.23 Å². The van der Waals surface area contributed by atoms with Gasteiger partial charge in [-0.3, -0.25) is 0 Å². The fraction of sp³-hybridized carbons (Fsp3) is 0.667. The molecule has 1 nitrogen and oxygen atoms in total. The van der Waals surface area contributed by atoms with Crippen molar-refractivity contribution < 1.29 is 4.74 Å². The van der Waals surface area contributed by atoms with E-state index in [4.69, 9.17) is 4.74 Å². The Morgan fingerprint density at radius 1 is 1.54 bits per heavy atom. The Morgan fingerprint density at radius 3 is 3.31 bits per heavy atom. The molecule has 0 amide bonds. The molecule has 0 N–H and O–H groups in total. The summed E-state index contributed by atoms with van der Waals surface area (Å²) >= 11 is 0. The van der Waals surface area contributed by atoms with E-state index in [9.17, 15) is 0 Å². The molecule has 0 bridgehead atoms. The second kappa shape index (κ2) is 3.57. The molecule has 1 aliphatic carbocycles. The summed E-state index contributed by atoms with van der Waals surface area (Å²) in [4.78, 5) is 0. The third-order valence-corrected chi connectivity index (χ3v) is 3.46. The van der Waals surface area contributed by atoms with Gasteiger partial charge in [0.15, 0.2) is 0 Å². The van der Waals surface area contributed by atoms with E-state index in [1.807, 2.05) is 12.3 Å². The van der Waals surface area contributed by atoms with Gasteiger partial charge in [-0.15, -0.1) is 6.58 Å². The lowest BCUT2D eigenvalue weighted by Gasteiger charge is -2.44. The van der Waals surface area contributed by atoms with Crippen molar-refractivity contribution in [2.75, 3.05) is 0 Å². The van der Waals surface area contributed by atoms with Crippen molar-refractivity contribution >= 4 is 0 Å². The zero-order valence-electron chi connectivity index (χ0n) is 8.17. The minimum absolute atomic E-state index is 0.120. The Morgan fingerprint density at radius 2 is 2.46 bits per heavy atom. The average Bonchev–Trinajstić information content (AvgIpc) is 2.18. The second-order valence-corrected chi connectivity index (χ2v) is 4.23. The van der Waals surface area contributed by atoms with Crippen molar-refractivity contribution in [3.63, 3.8) is 0 Å². The molecule has 0 spiro atoms. The van der Waals surface area contributed by atoms with Crippen LogP contribution in [0, 0.1) is 5.92 Å². The van der Waals surface area contributed by atoms with Gasteiger partial charge in [0.2, 0.25) is 0 Å². The molecule has 0 aromatic rings. The molecule has 0 unspecified atom stereocenters. The van der Waals surface area contributed by atoms with Crippen molar-refractivity contribution in [3.8, 4) is 0 Å². The molecule has 1 fully saturated rings. The van der Waals surface area contributed by atoms with Crippen LogP contribution in [0.4, 0.5) is 0 Å². The molecular weight excluding hydrogens is 160 g/mol. The quantitative estimate of drug-likeness (QED) is 0.589. The first-order valence-corrected chi connectivity index (χ1v) is 5.31. The Labute approximate surface area is 80.5 Å². The summed E-state index contributed by atoms with van der Waals surface area (Å²) in [6, 6.07) is 0. The summed E-state index contributed by atoms with van der Waals surface area (Å²) in [5, 5.41) is 0. The zero-order valence-corrected chi connectivity index (χ0v) is 8.17. The monoisotopic (exact) mass is 178 g/mol. The largest absolute Gasteiger partial charge is 0.495 e. The van der Waals surface area contributed by atoms with Crippen molar-refractivity contribution in [2.24, 2.45) is 5.92 Å².